The fraction of sp³-hybridized carbons (Fsp3) is 0.417. The first-order valence-electron chi connectivity index (χ1n) is 5.65. The van der Waals surface area contributed by atoms with E-state index in [2.05, 4.69) is 9.72 Å². The van der Waals surface area contributed by atoms with E-state index in [1.165, 1.54) is 13.0 Å². The molecule has 0 aromatic carbocycles. The van der Waals surface area contributed by atoms with Gasteiger partial charge in [-0.2, -0.15) is 18.4 Å². The summed E-state index contributed by atoms with van der Waals surface area (Å²) < 4.78 is 68.9. The Bertz CT molecular complexity index is 578. The van der Waals surface area contributed by atoms with Crippen molar-refractivity contribution in [2.75, 3.05) is 6.61 Å². The molecule has 0 saturated carbocycles. The van der Waals surface area contributed by atoms with Crippen LogP contribution in [0.5, 0.6) is 0 Å². The average Bonchev–Trinajstić information content (AvgIpc) is 2.37. The molecule has 1 rings (SSSR count). The average molecular weight is 308 g/mol. The minimum absolute atomic E-state index is 0.103. The number of carbonyl (C=O) groups excluding carboxylic acids is 1. The second-order valence-electron chi connectivity index (χ2n) is 3.82. The summed E-state index contributed by atoms with van der Waals surface area (Å²) in [6, 6.07) is 1.82. The van der Waals surface area contributed by atoms with E-state index in [-0.39, 0.29) is 6.61 Å². The van der Waals surface area contributed by atoms with Gasteiger partial charge >= 0.3 is 12.1 Å². The molecule has 0 saturated heterocycles. The van der Waals surface area contributed by atoms with E-state index in [9.17, 15) is 26.7 Å². The molecule has 21 heavy (non-hydrogen) atoms. The first-order chi connectivity index (χ1) is 9.70. The van der Waals surface area contributed by atoms with Crippen LogP contribution in [-0.4, -0.2) is 17.6 Å². The molecule has 0 fully saturated rings. The van der Waals surface area contributed by atoms with Gasteiger partial charge in [-0.15, -0.1) is 0 Å². The number of carbonyl (C=O) groups is 1. The number of hydrogen-bond donors (Lipinski definition) is 0. The second kappa shape index (κ2) is 6.47. The van der Waals surface area contributed by atoms with Gasteiger partial charge < -0.3 is 4.74 Å². The van der Waals surface area contributed by atoms with Crippen molar-refractivity contribution in [3.8, 4) is 6.07 Å². The Labute approximate surface area is 116 Å². The Morgan fingerprint density at radius 2 is 2.10 bits per heavy atom. The van der Waals surface area contributed by atoms with Crippen LogP contribution in [0.25, 0.3) is 0 Å². The number of esters is 1. The topological polar surface area (TPSA) is 63.0 Å². The van der Waals surface area contributed by atoms with Gasteiger partial charge in [-0.3, -0.25) is 4.79 Å². The van der Waals surface area contributed by atoms with Gasteiger partial charge in [0, 0.05) is 11.1 Å². The van der Waals surface area contributed by atoms with Gasteiger partial charge in [0.2, 0.25) is 0 Å². The van der Waals surface area contributed by atoms with Crippen LogP contribution in [0.1, 0.15) is 35.9 Å². The van der Waals surface area contributed by atoms with Crippen LogP contribution in [0.15, 0.2) is 6.07 Å². The van der Waals surface area contributed by atoms with Crippen LogP contribution >= 0.6 is 0 Å². The first-order valence-corrected chi connectivity index (χ1v) is 5.65. The largest absolute Gasteiger partial charge is 0.466 e. The lowest BCUT2D eigenvalue weighted by Crippen LogP contribution is -2.19. The fourth-order valence-corrected chi connectivity index (χ4v) is 1.62. The van der Waals surface area contributed by atoms with Gasteiger partial charge in [0.25, 0.3) is 6.43 Å². The van der Waals surface area contributed by atoms with Gasteiger partial charge in [0.1, 0.15) is 17.5 Å². The van der Waals surface area contributed by atoms with E-state index in [0.717, 1.165) is 0 Å². The predicted octanol–water partition coefficient (Wildman–Crippen LogP) is 3.02. The zero-order valence-electron chi connectivity index (χ0n) is 10.7. The highest BCUT2D eigenvalue weighted by molar-refractivity contribution is 5.73. The van der Waals surface area contributed by atoms with Crippen LogP contribution < -0.4 is 0 Å². The molecular weight excluding hydrogens is 299 g/mol. The van der Waals surface area contributed by atoms with E-state index in [1.807, 2.05) is 0 Å². The third kappa shape index (κ3) is 4.11. The number of alkyl halides is 5. The third-order valence-corrected chi connectivity index (χ3v) is 2.40. The Balaban J connectivity index is 3.48. The highest BCUT2D eigenvalue weighted by Crippen LogP contribution is 2.35. The monoisotopic (exact) mass is 308 g/mol. The lowest BCUT2D eigenvalue weighted by molar-refractivity contribution is -0.144. The Morgan fingerprint density at radius 3 is 2.52 bits per heavy atom. The van der Waals surface area contributed by atoms with Crippen molar-refractivity contribution in [3.05, 3.63) is 28.6 Å². The lowest BCUT2D eigenvalue weighted by Gasteiger charge is -2.15. The number of nitrogens with zero attached hydrogens (tertiary/aromatic N) is 2. The Kier molecular flexibility index (Phi) is 5.18. The standard InChI is InChI=1S/C12H9F5N2O2/c1-2-21-9(20)4-7-8(11(13)14)3-6(5-18)19-10(7)12(15,16)17/h3,11H,2,4H2,1H3. The quantitative estimate of drug-likeness (QED) is 0.633. The van der Waals surface area contributed by atoms with Gasteiger partial charge in [0.15, 0.2) is 0 Å². The zero-order chi connectivity index (χ0) is 16.2. The molecule has 1 aromatic heterocycles. The van der Waals surface area contributed by atoms with Crippen molar-refractivity contribution in [2.24, 2.45) is 0 Å². The molecule has 4 nitrogen and oxygen atoms in total. The number of halogens is 5. The van der Waals surface area contributed by atoms with E-state index >= 15 is 0 Å². The van der Waals surface area contributed by atoms with Crippen molar-refractivity contribution in [1.29, 1.82) is 5.26 Å². The number of ether oxygens (including phenoxy) is 1. The maximum Gasteiger partial charge on any atom is 0.433 e. The van der Waals surface area contributed by atoms with E-state index in [4.69, 9.17) is 5.26 Å². The molecule has 0 spiro atoms. The number of pyridine rings is 1. The number of aromatic nitrogens is 1. The molecule has 0 atom stereocenters. The van der Waals surface area contributed by atoms with E-state index in [0.29, 0.717) is 6.07 Å². The van der Waals surface area contributed by atoms with Crippen molar-refractivity contribution in [1.82, 2.24) is 4.98 Å². The van der Waals surface area contributed by atoms with Gasteiger partial charge in [-0.05, 0) is 13.0 Å². The van der Waals surface area contributed by atoms with Crippen LogP contribution in [-0.2, 0) is 22.1 Å². The molecule has 0 aliphatic rings. The van der Waals surface area contributed by atoms with Crippen LogP contribution in [0.3, 0.4) is 0 Å². The maximum absolute atomic E-state index is 12.9. The minimum Gasteiger partial charge on any atom is -0.466 e. The summed E-state index contributed by atoms with van der Waals surface area (Å²) in [5.74, 6) is -1.09. The van der Waals surface area contributed by atoms with Crippen molar-refractivity contribution in [2.45, 2.75) is 25.9 Å². The third-order valence-electron chi connectivity index (χ3n) is 2.40. The number of nitriles is 1. The first kappa shape index (κ1) is 16.8. The van der Waals surface area contributed by atoms with E-state index in [1.54, 1.807) is 0 Å². The molecule has 0 unspecified atom stereocenters. The predicted molar refractivity (Wildman–Crippen MR) is 59.2 cm³/mol. The number of hydrogen-bond acceptors (Lipinski definition) is 4. The summed E-state index contributed by atoms with van der Waals surface area (Å²) >= 11 is 0. The van der Waals surface area contributed by atoms with Gasteiger partial charge in [0.05, 0.1) is 13.0 Å². The molecule has 0 aliphatic carbocycles. The normalized spacial score (nSPS) is 11.3. The smallest absolute Gasteiger partial charge is 0.433 e. The highest BCUT2D eigenvalue weighted by Gasteiger charge is 2.38. The molecule has 9 heteroatoms. The Hall–Kier alpha value is -2.24. The Morgan fingerprint density at radius 1 is 1.48 bits per heavy atom. The molecule has 1 aromatic rings. The van der Waals surface area contributed by atoms with Crippen molar-refractivity contribution >= 4 is 5.97 Å². The van der Waals surface area contributed by atoms with Gasteiger partial charge in [-0.1, -0.05) is 0 Å². The SMILES string of the molecule is CCOC(=O)Cc1c(C(F)F)cc(C#N)nc1C(F)(F)F. The highest BCUT2D eigenvalue weighted by atomic mass is 19.4. The van der Waals surface area contributed by atoms with E-state index < -0.39 is 47.5 Å². The molecule has 1 heterocycles. The molecular formula is C12H9F5N2O2. The zero-order valence-corrected chi connectivity index (χ0v) is 10.7. The molecule has 0 radical (unpaired) electrons. The molecule has 0 amide bonds. The van der Waals surface area contributed by atoms with Gasteiger partial charge in [-0.25, -0.2) is 13.8 Å². The summed E-state index contributed by atoms with van der Waals surface area (Å²) in [7, 11) is 0. The number of rotatable bonds is 4. The molecule has 114 valence electrons. The summed E-state index contributed by atoms with van der Waals surface area (Å²) in [6.45, 7) is 1.32. The van der Waals surface area contributed by atoms with Crippen LogP contribution in [0.4, 0.5) is 22.0 Å². The summed E-state index contributed by atoms with van der Waals surface area (Å²) in [5, 5.41) is 8.57. The maximum atomic E-state index is 12.9. The fourth-order valence-electron chi connectivity index (χ4n) is 1.62. The molecule has 0 bridgehead atoms. The van der Waals surface area contributed by atoms with Crippen molar-refractivity contribution in [3.63, 3.8) is 0 Å². The lowest BCUT2D eigenvalue weighted by atomic mass is 10.0. The van der Waals surface area contributed by atoms with Crippen LogP contribution in [0, 0.1) is 11.3 Å². The minimum atomic E-state index is -5.07. The second-order valence-corrected chi connectivity index (χ2v) is 3.82. The summed E-state index contributed by atoms with van der Waals surface area (Å²) in [6.07, 6.45) is -9.36. The van der Waals surface area contributed by atoms with Crippen LogP contribution in [0.2, 0.25) is 0 Å². The summed E-state index contributed by atoms with van der Waals surface area (Å²) in [5.41, 5.74) is -4.51. The summed E-state index contributed by atoms with van der Waals surface area (Å²) in [4.78, 5) is 14.3. The molecule has 0 aliphatic heterocycles. The molecule has 0 N–H and O–H groups in total. The van der Waals surface area contributed by atoms with Crippen molar-refractivity contribution < 1.29 is 31.5 Å².